The maximum Gasteiger partial charge on any atom is 0.306 e. The smallest absolute Gasteiger partial charge is 0.306 e. The monoisotopic (exact) mass is 290 g/mol. The molecular weight excluding hydrogens is 268 g/mol. The van der Waals surface area contributed by atoms with Gasteiger partial charge in [0.15, 0.2) is 0 Å². The molecule has 1 aromatic carbocycles. The first-order valence-electron chi connectivity index (χ1n) is 7.18. The Morgan fingerprint density at radius 1 is 1.10 bits per heavy atom. The molecule has 0 spiro atoms. The molecule has 0 aromatic heterocycles. The zero-order valence-electron chi connectivity index (χ0n) is 12.5. The zero-order chi connectivity index (χ0) is 15.5. The average molecular weight is 290 g/mol. The van der Waals surface area contributed by atoms with Crippen LogP contribution in [-0.4, -0.2) is 18.5 Å². The van der Waals surface area contributed by atoms with Crippen LogP contribution in [0.15, 0.2) is 30.8 Å². The predicted molar refractivity (Wildman–Crippen MR) is 81.4 cm³/mol. The summed E-state index contributed by atoms with van der Waals surface area (Å²) in [4.78, 5) is 22.9. The first kappa shape index (κ1) is 17.0. The van der Waals surface area contributed by atoms with Gasteiger partial charge in [-0.15, -0.1) is 0 Å². The molecule has 21 heavy (non-hydrogen) atoms. The van der Waals surface area contributed by atoms with E-state index in [1.165, 1.54) is 0 Å². The number of rotatable bonds is 9. The molecule has 0 saturated heterocycles. The van der Waals surface area contributed by atoms with Crippen molar-refractivity contribution >= 4 is 18.0 Å². The van der Waals surface area contributed by atoms with Crippen molar-refractivity contribution in [3.8, 4) is 0 Å². The van der Waals surface area contributed by atoms with Crippen molar-refractivity contribution in [2.75, 3.05) is 6.61 Å². The highest BCUT2D eigenvalue weighted by Crippen LogP contribution is 2.07. The second-order valence-corrected chi connectivity index (χ2v) is 4.68. The minimum atomic E-state index is -0.393. The topological polar surface area (TPSA) is 52.6 Å². The molecule has 0 radical (unpaired) electrons. The van der Waals surface area contributed by atoms with Crippen molar-refractivity contribution in [1.82, 2.24) is 0 Å². The third kappa shape index (κ3) is 7.30. The summed E-state index contributed by atoms with van der Waals surface area (Å²) < 4.78 is 10.1. The Morgan fingerprint density at radius 3 is 2.29 bits per heavy atom. The zero-order valence-corrected chi connectivity index (χ0v) is 12.5. The lowest BCUT2D eigenvalue weighted by Crippen LogP contribution is -2.10. The van der Waals surface area contributed by atoms with E-state index < -0.39 is 5.97 Å². The van der Waals surface area contributed by atoms with E-state index in [1.54, 1.807) is 6.08 Å². The van der Waals surface area contributed by atoms with Crippen LogP contribution in [0.3, 0.4) is 0 Å². The number of unbranched alkanes of at least 4 members (excludes halogenated alkanes) is 1. The van der Waals surface area contributed by atoms with Crippen molar-refractivity contribution in [2.45, 2.75) is 39.2 Å². The third-order valence-electron chi connectivity index (χ3n) is 2.91. The maximum atomic E-state index is 11.5. The van der Waals surface area contributed by atoms with Crippen molar-refractivity contribution in [2.24, 2.45) is 0 Å². The van der Waals surface area contributed by atoms with E-state index in [2.05, 4.69) is 6.58 Å². The lowest BCUT2D eigenvalue weighted by atomic mass is 10.1. The Labute approximate surface area is 125 Å². The van der Waals surface area contributed by atoms with Gasteiger partial charge in [0.2, 0.25) is 0 Å². The lowest BCUT2D eigenvalue weighted by molar-refractivity contribution is -0.151. The first-order valence-corrected chi connectivity index (χ1v) is 7.18. The van der Waals surface area contributed by atoms with Gasteiger partial charge in [0.05, 0.1) is 19.4 Å². The van der Waals surface area contributed by atoms with Crippen molar-refractivity contribution in [3.05, 3.63) is 42.0 Å². The highest BCUT2D eigenvalue weighted by molar-refractivity contribution is 5.77. The third-order valence-corrected chi connectivity index (χ3v) is 2.91. The van der Waals surface area contributed by atoms with E-state index >= 15 is 0 Å². The first-order chi connectivity index (χ1) is 10.2. The van der Waals surface area contributed by atoms with E-state index in [0.29, 0.717) is 6.61 Å². The Kier molecular flexibility index (Phi) is 7.87. The minimum absolute atomic E-state index is 0.0513. The van der Waals surface area contributed by atoms with Gasteiger partial charge in [-0.2, -0.15) is 0 Å². The van der Waals surface area contributed by atoms with Gasteiger partial charge in [0, 0.05) is 0 Å². The molecule has 0 N–H and O–H groups in total. The van der Waals surface area contributed by atoms with E-state index in [-0.39, 0.29) is 25.4 Å². The van der Waals surface area contributed by atoms with Crippen molar-refractivity contribution in [3.63, 3.8) is 0 Å². The molecule has 0 fully saturated rings. The quantitative estimate of drug-likeness (QED) is 0.516. The van der Waals surface area contributed by atoms with Crippen LogP contribution in [-0.2, 0) is 25.7 Å². The molecule has 1 aromatic rings. The van der Waals surface area contributed by atoms with Crippen LogP contribution in [0.1, 0.15) is 43.7 Å². The van der Waals surface area contributed by atoms with Crippen LogP contribution >= 0.6 is 0 Å². The molecule has 0 aliphatic heterocycles. The molecule has 4 heteroatoms. The highest BCUT2D eigenvalue weighted by atomic mass is 16.5. The van der Waals surface area contributed by atoms with Gasteiger partial charge < -0.3 is 9.47 Å². The fraction of sp³-hybridized carbons (Fsp3) is 0.412. The highest BCUT2D eigenvalue weighted by Gasteiger charge is 2.09. The summed E-state index contributed by atoms with van der Waals surface area (Å²) in [6, 6.07) is 7.56. The molecule has 0 aliphatic rings. The van der Waals surface area contributed by atoms with E-state index in [4.69, 9.17) is 9.47 Å². The van der Waals surface area contributed by atoms with Crippen LogP contribution in [0.5, 0.6) is 0 Å². The molecule has 0 heterocycles. The van der Waals surface area contributed by atoms with Gasteiger partial charge in [-0.05, 0) is 17.5 Å². The Bertz CT molecular complexity index is 462. The fourth-order valence-corrected chi connectivity index (χ4v) is 1.59. The van der Waals surface area contributed by atoms with Gasteiger partial charge >= 0.3 is 11.9 Å². The molecular formula is C17H22O4. The molecule has 0 amide bonds. The van der Waals surface area contributed by atoms with Gasteiger partial charge in [-0.3, -0.25) is 9.59 Å². The summed E-state index contributed by atoms with van der Waals surface area (Å²) in [5.41, 5.74) is 1.92. The Balaban J connectivity index is 2.21. The Hall–Kier alpha value is -2.10. The van der Waals surface area contributed by atoms with Gasteiger partial charge in [-0.25, -0.2) is 0 Å². The largest absolute Gasteiger partial charge is 0.466 e. The molecule has 0 unspecified atom stereocenters. The molecule has 0 atom stereocenters. The summed E-state index contributed by atoms with van der Waals surface area (Å²) in [6.07, 6.45) is 3.68. The van der Waals surface area contributed by atoms with Crippen molar-refractivity contribution in [1.29, 1.82) is 0 Å². The maximum absolute atomic E-state index is 11.5. The number of carbonyl (C=O) groups is 2. The van der Waals surface area contributed by atoms with E-state index in [1.807, 2.05) is 31.2 Å². The fourth-order valence-electron chi connectivity index (χ4n) is 1.59. The standard InChI is InChI=1S/C17H22O4/c1-3-5-12-20-16(18)10-11-17(19)21-13-15-8-6-14(4-2)7-9-15/h4,6-9H,2-3,5,10-13H2,1H3. The summed E-state index contributed by atoms with van der Waals surface area (Å²) in [6.45, 7) is 6.32. The van der Waals surface area contributed by atoms with Crippen molar-refractivity contribution < 1.29 is 19.1 Å². The Morgan fingerprint density at radius 2 is 1.71 bits per heavy atom. The molecule has 0 saturated carbocycles. The van der Waals surface area contributed by atoms with Crippen LogP contribution in [0.4, 0.5) is 0 Å². The number of hydrogen-bond acceptors (Lipinski definition) is 4. The molecule has 1 rings (SSSR count). The summed E-state index contributed by atoms with van der Waals surface area (Å²) in [5, 5.41) is 0. The average Bonchev–Trinajstić information content (AvgIpc) is 2.51. The SMILES string of the molecule is C=Cc1ccc(COC(=O)CCC(=O)OCCCC)cc1. The summed E-state index contributed by atoms with van der Waals surface area (Å²) >= 11 is 0. The van der Waals surface area contributed by atoms with Crippen LogP contribution in [0.25, 0.3) is 6.08 Å². The normalized spacial score (nSPS) is 9.95. The lowest BCUT2D eigenvalue weighted by Gasteiger charge is -2.06. The number of carbonyl (C=O) groups excluding carboxylic acids is 2. The minimum Gasteiger partial charge on any atom is -0.466 e. The second kappa shape index (κ2) is 9.75. The second-order valence-electron chi connectivity index (χ2n) is 4.68. The molecule has 114 valence electrons. The van der Waals surface area contributed by atoms with Crippen LogP contribution in [0.2, 0.25) is 0 Å². The van der Waals surface area contributed by atoms with Crippen LogP contribution in [0, 0.1) is 0 Å². The number of benzene rings is 1. The number of esters is 2. The van der Waals surface area contributed by atoms with Gasteiger partial charge in [0.1, 0.15) is 6.61 Å². The molecule has 4 nitrogen and oxygen atoms in total. The molecule has 0 aliphatic carbocycles. The number of ether oxygens (including phenoxy) is 2. The summed E-state index contributed by atoms with van der Waals surface area (Å²) in [7, 11) is 0. The van der Waals surface area contributed by atoms with Crippen LogP contribution < -0.4 is 0 Å². The van der Waals surface area contributed by atoms with Gasteiger partial charge in [-0.1, -0.05) is 50.3 Å². The predicted octanol–water partition coefficient (Wildman–Crippen LogP) is 3.50. The number of hydrogen-bond donors (Lipinski definition) is 0. The van der Waals surface area contributed by atoms with E-state index in [0.717, 1.165) is 24.0 Å². The van der Waals surface area contributed by atoms with E-state index in [9.17, 15) is 9.59 Å². The molecule has 0 bridgehead atoms. The van der Waals surface area contributed by atoms with Gasteiger partial charge in [0.25, 0.3) is 0 Å². The summed E-state index contributed by atoms with van der Waals surface area (Å²) in [5.74, 6) is -0.744.